The van der Waals surface area contributed by atoms with Gasteiger partial charge >= 0.3 is 6.18 Å². The van der Waals surface area contributed by atoms with Gasteiger partial charge in [0.25, 0.3) is 0 Å². The Bertz CT molecular complexity index is 309. The summed E-state index contributed by atoms with van der Waals surface area (Å²) in [6.45, 7) is 1.37. The molecule has 0 aromatic rings. The Morgan fingerprint density at radius 3 is 2.69 bits per heavy atom. The van der Waals surface area contributed by atoms with E-state index in [1.54, 1.807) is 0 Å². The van der Waals surface area contributed by atoms with Gasteiger partial charge in [-0.3, -0.25) is 0 Å². The Balaban J connectivity index is 2.30. The lowest BCUT2D eigenvalue weighted by molar-refractivity contribution is -0.103. The second-order valence-corrected chi connectivity index (χ2v) is 4.20. The zero-order valence-electron chi connectivity index (χ0n) is 8.75. The number of rotatable bonds is 1. The van der Waals surface area contributed by atoms with Gasteiger partial charge in [0.05, 0.1) is 11.7 Å². The molecular formula is C10H13F3O3. The van der Waals surface area contributed by atoms with Gasteiger partial charge in [-0.1, -0.05) is 0 Å². The molecule has 0 radical (unpaired) electrons. The number of hydrogen-bond donors (Lipinski definition) is 1. The highest BCUT2D eigenvalue weighted by atomic mass is 19.4. The van der Waals surface area contributed by atoms with E-state index in [9.17, 15) is 18.3 Å². The van der Waals surface area contributed by atoms with Crippen molar-refractivity contribution in [2.75, 3.05) is 6.79 Å². The van der Waals surface area contributed by atoms with Crippen LogP contribution in [0.3, 0.4) is 0 Å². The van der Waals surface area contributed by atoms with Crippen molar-refractivity contribution >= 4 is 0 Å². The minimum Gasteiger partial charge on any atom is -0.469 e. The molecule has 2 rings (SSSR count). The number of hydrogen-bond acceptors (Lipinski definition) is 3. The number of ether oxygens (including phenoxy) is 2. The summed E-state index contributed by atoms with van der Waals surface area (Å²) in [5.74, 6) is -0.517. The Labute approximate surface area is 90.8 Å². The number of aliphatic hydroxyl groups excluding tert-OH is 1. The van der Waals surface area contributed by atoms with Crippen molar-refractivity contribution in [3.05, 3.63) is 11.3 Å². The highest BCUT2D eigenvalue weighted by molar-refractivity contribution is 5.23. The van der Waals surface area contributed by atoms with Gasteiger partial charge in [-0.15, -0.1) is 0 Å². The lowest BCUT2D eigenvalue weighted by Gasteiger charge is -2.30. The van der Waals surface area contributed by atoms with Gasteiger partial charge in [-0.2, -0.15) is 13.2 Å². The summed E-state index contributed by atoms with van der Waals surface area (Å²) in [5.41, 5.74) is -0.688. The Hall–Kier alpha value is -0.750. The molecule has 1 saturated heterocycles. The number of halogens is 3. The summed E-state index contributed by atoms with van der Waals surface area (Å²) >= 11 is 0. The molecule has 0 spiro atoms. The van der Waals surface area contributed by atoms with Crippen LogP contribution in [0, 0.1) is 5.92 Å². The van der Waals surface area contributed by atoms with E-state index in [1.165, 1.54) is 6.92 Å². The summed E-state index contributed by atoms with van der Waals surface area (Å²) in [6, 6.07) is 0. The average molecular weight is 238 g/mol. The first-order valence-corrected chi connectivity index (χ1v) is 5.12. The Kier molecular flexibility index (Phi) is 2.88. The van der Waals surface area contributed by atoms with Gasteiger partial charge in [-0.05, 0) is 25.7 Å². The highest BCUT2D eigenvalue weighted by Gasteiger charge is 2.46. The van der Waals surface area contributed by atoms with Gasteiger partial charge in [0.2, 0.25) is 0 Å². The SMILES string of the molecule is CC(O)[C@H]1CC(C(F)(F)F)=C2OCOC2C1. The largest absolute Gasteiger partial charge is 0.469 e. The third-order valence-electron chi connectivity index (χ3n) is 3.08. The van der Waals surface area contributed by atoms with Crippen molar-refractivity contribution in [2.45, 2.75) is 38.1 Å². The maximum Gasteiger partial charge on any atom is 0.416 e. The average Bonchev–Trinajstić information content (AvgIpc) is 2.61. The standard InChI is InChI=1S/C10H13F3O3/c1-5(14)6-2-7(10(11,12)13)9-8(3-6)15-4-16-9/h5-6,8,14H,2-4H2,1H3/t5?,6-,8?/m0/s1. The van der Waals surface area contributed by atoms with E-state index >= 15 is 0 Å². The molecule has 3 atom stereocenters. The molecule has 2 aliphatic rings. The summed E-state index contributed by atoms with van der Waals surface area (Å²) < 4.78 is 48.2. The molecule has 1 aliphatic heterocycles. The van der Waals surface area contributed by atoms with Gasteiger partial charge in [-0.25, -0.2) is 0 Å². The molecule has 3 nitrogen and oxygen atoms in total. The number of fused-ring (bicyclic) bond motifs is 1. The second kappa shape index (κ2) is 3.92. The molecule has 92 valence electrons. The van der Waals surface area contributed by atoms with E-state index in [0.717, 1.165) is 0 Å². The van der Waals surface area contributed by atoms with Crippen molar-refractivity contribution in [3.63, 3.8) is 0 Å². The Morgan fingerprint density at radius 2 is 2.12 bits per heavy atom. The van der Waals surface area contributed by atoms with Crippen molar-refractivity contribution in [1.29, 1.82) is 0 Å². The highest BCUT2D eigenvalue weighted by Crippen LogP contribution is 2.43. The smallest absolute Gasteiger partial charge is 0.416 e. The van der Waals surface area contributed by atoms with Gasteiger partial charge in [0.1, 0.15) is 11.9 Å². The monoisotopic (exact) mass is 238 g/mol. The van der Waals surface area contributed by atoms with Crippen LogP contribution >= 0.6 is 0 Å². The second-order valence-electron chi connectivity index (χ2n) is 4.20. The van der Waals surface area contributed by atoms with Crippen LogP contribution < -0.4 is 0 Å². The molecule has 6 heteroatoms. The van der Waals surface area contributed by atoms with Crippen molar-refractivity contribution in [1.82, 2.24) is 0 Å². The van der Waals surface area contributed by atoms with E-state index in [-0.39, 0.29) is 19.0 Å². The minimum absolute atomic E-state index is 0.0931. The summed E-state index contributed by atoms with van der Waals surface area (Å²) in [4.78, 5) is 0. The fourth-order valence-electron chi connectivity index (χ4n) is 2.15. The van der Waals surface area contributed by atoms with Crippen molar-refractivity contribution in [3.8, 4) is 0 Å². The van der Waals surface area contributed by atoms with Crippen LogP contribution in [0.2, 0.25) is 0 Å². The topological polar surface area (TPSA) is 38.7 Å². The van der Waals surface area contributed by atoms with Crippen LogP contribution in [-0.4, -0.2) is 30.3 Å². The maximum absolute atomic E-state index is 12.7. The summed E-state index contributed by atoms with van der Waals surface area (Å²) in [5, 5.41) is 9.39. The van der Waals surface area contributed by atoms with Gasteiger partial charge in [0.15, 0.2) is 6.79 Å². The lowest BCUT2D eigenvalue weighted by atomic mass is 9.82. The maximum atomic E-state index is 12.7. The fraction of sp³-hybridized carbons (Fsp3) is 0.800. The van der Waals surface area contributed by atoms with Crippen LogP contribution in [0.1, 0.15) is 19.8 Å². The first-order chi connectivity index (χ1) is 7.39. The molecular weight excluding hydrogens is 225 g/mol. The van der Waals surface area contributed by atoms with Crippen LogP contribution in [0.5, 0.6) is 0 Å². The van der Waals surface area contributed by atoms with Crippen molar-refractivity contribution < 1.29 is 27.8 Å². The molecule has 1 heterocycles. The van der Waals surface area contributed by atoms with E-state index < -0.39 is 29.9 Å². The van der Waals surface area contributed by atoms with Gasteiger partial charge in [0, 0.05) is 0 Å². The van der Waals surface area contributed by atoms with E-state index in [1.807, 2.05) is 0 Å². The van der Waals surface area contributed by atoms with Crippen LogP contribution in [0.4, 0.5) is 13.2 Å². The number of allylic oxidation sites excluding steroid dienone is 1. The van der Waals surface area contributed by atoms with Crippen LogP contribution in [-0.2, 0) is 9.47 Å². The molecule has 0 saturated carbocycles. The molecule has 0 amide bonds. The first-order valence-electron chi connectivity index (χ1n) is 5.12. The summed E-state index contributed by atoms with van der Waals surface area (Å²) in [6.07, 6.45) is -5.65. The Morgan fingerprint density at radius 1 is 1.44 bits per heavy atom. The van der Waals surface area contributed by atoms with E-state index in [0.29, 0.717) is 6.42 Å². The number of aliphatic hydroxyl groups is 1. The third kappa shape index (κ3) is 2.04. The molecule has 16 heavy (non-hydrogen) atoms. The predicted octanol–water partition coefficient (Wildman–Crippen LogP) is 1.97. The van der Waals surface area contributed by atoms with E-state index in [4.69, 9.17) is 9.47 Å². The quantitative estimate of drug-likeness (QED) is 0.759. The molecule has 0 bridgehead atoms. The molecule has 1 aliphatic carbocycles. The number of alkyl halides is 3. The fourth-order valence-corrected chi connectivity index (χ4v) is 2.15. The zero-order chi connectivity index (χ0) is 11.9. The normalized spacial score (nSPS) is 32.3. The first kappa shape index (κ1) is 11.7. The third-order valence-corrected chi connectivity index (χ3v) is 3.08. The van der Waals surface area contributed by atoms with Crippen molar-refractivity contribution in [2.24, 2.45) is 5.92 Å². The van der Waals surface area contributed by atoms with Crippen LogP contribution in [0.15, 0.2) is 11.3 Å². The minimum atomic E-state index is -4.41. The van der Waals surface area contributed by atoms with E-state index in [2.05, 4.69) is 0 Å². The molecule has 2 unspecified atom stereocenters. The predicted molar refractivity (Wildman–Crippen MR) is 48.3 cm³/mol. The lowest BCUT2D eigenvalue weighted by Crippen LogP contribution is -2.32. The van der Waals surface area contributed by atoms with Crippen LogP contribution in [0.25, 0.3) is 0 Å². The molecule has 0 aromatic carbocycles. The van der Waals surface area contributed by atoms with Gasteiger partial charge < -0.3 is 14.6 Å². The summed E-state index contributed by atoms with van der Waals surface area (Å²) in [7, 11) is 0. The zero-order valence-corrected chi connectivity index (χ0v) is 8.75. The molecule has 1 fully saturated rings. The molecule has 1 N–H and O–H groups in total. The molecule has 0 aromatic heterocycles.